The van der Waals surface area contributed by atoms with E-state index in [1.165, 1.54) is 0 Å². The monoisotopic (exact) mass is 280 g/mol. The summed E-state index contributed by atoms with van der Waals surface area (Å²) in [5, 5.41) is 7.18. The number of fused-ring (bicyclic) bond motifs is 1. The van der Waals surface area contributed by atoms with Crippen molar-refractivity contribution in [1.82, 2.24) is 20.0 Å². The lowest BCUT2D eigenvalue weighted by Gasteiger charge is -2.17. The molecule has 0 saturated heterocycles. The van der Waals surface area contributed by atoms with Crippen molar-refractivity contribution in [2.45, 2.75) is 33.2 Å². The summed E-state index contributed by atoms with van der Waals surface area (Å²) >= 11 is 0. The van der Waals surface area contributed by atoms with Gasteiger partial charge in [0, 0.05) is 25.6 Å². The number of rotatable bonds is 7. The molecule has 1 aliphatic heterocycles. The summed E-state index contributed by atoms with van der Waals surface area (Å²) in [7, 11) is 0. The fourth-order valence-electron chi connectivity index (χ4n) is 2.31. The number of ether oxygens (including phenoxy) is 1. The minimum Gasteiger partial charge on any atom is -0.478 e. The molecule has 1 aliphatic rings. The van der Waals surface area contributed by atoms with Crippen molar-refractivity contribution in [3.05, 3.63) is 11.8 Å². The predicted molar refractivity (Wildman–Crippen MR) is 77.1 cm³/mol. The smallest absolute Gasteiger partial charge is 0.271 e. The molecule has 0 saturated carbocycles. The average molecular weight is 280 g/mol. The van der Waals surface area contributed by atoms with Crippen LogP contribution in [-0.4, -0.2) is 53.4 Å². The summed E-state index contributed by atoms with van der Waals surface area (Å²) in [6.07, 6.45) is 1.90. The van der Waals surface area contributed by atoms with Crippen molar-refractivity contribution >= 4 is 5.91 Å². The minimum atomic E-state index is -0.116. The lowest BCUT2D eigenvalue weighted by Crippen LogP contribution is -2.30. The van der Waals surface area contributed by atoms with Crippen molar-refractivity contribution in [3.8, 4) is 5.88 Å². The van der Waals surface area contributed by atoms with Gasteiger partial charge in [0.1, 0.15) is 0 Å². The molecule has 112 valence electrons. The first-order valence-electron chi connectivity index (χ1n) is 7.45. The molecular weight excluding hydrogens is 256 g/mol. The van der Waals surface area contributed by atoms with E-state index in [4.69, 9.17) is 4.74 Å². The normalized spacial score (nSPS) is 13.9. The molecule has 0 fully saturated rings. The summed E-state index contributed by atoms with van der Waals surface area (Å²) in [5.41, 5.74) is 0.449. The third kappa shape index (κ3) is 3.72. The lowest BCUT2D eigenvalue weighted by molar-refractivity contribution is 0.0946. The van der Waals surface area contributed by atoms with Gasteiger partial charge in [0.05, 0.1) is 6.61 Å². The fourth-order valence-corrected chi connectivity index (χ4v) is 2.31. The maximum atomic E-state index is 12.0. The second-order valence-corrected chi connectivity index (χ2v) is 4.93. The largest absolute Gasteiger partial charge is 0.478 e. The van der Waals surface area contributed by atoms with E-state index in [2.05, 4.69) is 29.2 Å². The molecule has 1 aromatic heterocycles. The highest BCUT2D eigenvalue weighted by Gasteiger charge is 2.17. The molecule has 6 nitrogen and oxygen atoms in total. The van der Waals surface area contributed by atoms with Crippen LogP contribution < -0.4 is 10.1 Å². The second kappa shape index (κ2) is 7.28. The number of aryl methyl sites for hydroxylation is 1. The SMILES string of the molecule is CCN(CC)CCCNC(=O)c1cc2n(n1)CCCO2. The summed E-state index contributed by atoms with van der Waals surface area (Å²) < 4.78 is 7.21. The molecule has 0 spiro atoms. The van der Waals surface area contributed by atoms with Crippen LogP contribution in [-0.2, 0) is 6.54 Å². The van der Waals surface area contributed by atoms with Gasteiger partial charge < -0.3 is 15.0 Å². The Morgan fingerprint density at radius 1 is 1.50 bits per heavy atom. The van der Waals surface area contributed by atoms with Crippen LogP contribution in [0.2, 0.25) is 0 Å². The molecule has 0 bridgehead atoms. The first-order valence-corrected chi connectivity index (χ1v) is 7.45. The molecule has 2 heterocycles. The Kier molecular flexibility index (Phi) is 5.40. The average Bonchev–Trinajstić information content (AvgIpc) is 2.91. The number of carbonyl (C=O) groups is 1. The maximum Gasteiger partial charge on any atom is 0.271 e. The van der Waals surface area contributed by atoms with E-state index in [1.807, 2.05) is 0 Å². The molecule has 6 heteroatoms. The standard InChI is InChI=1S/C14H24N4O2/c1-3-17(4-2)8-5-7-15-14(19)12-11-13-18(16-12)9-6-10-20-13/h11H,3-10H2,1-2H3,(H,15,19). The summed E-state index contributed by atoms with van der Waals surface area (Å²) in [6, 6.07) is 1.72. The van der Waals surface area contributed by atoms with Crippen molar-refractivity contribution in [2.24, 2.45) is 0 Å². The number of aromatic nitrogens is 2. The van der Waals surface area contributed by atoms with Gasteiger partial charge in [-0.05, 0) is 26.1 Å². The van der Waals surface area contributed by atoms with E-state index >= 15 is 0 Å². The molecule has 1 aromatic rings. The molecule has 0 aromatic carbocycles. The third-order valence-corrected chi connectivity index (χ3v) is 3.57. The molecule has 1 amide bonds. The number of hydrogen-bond donors (Lipinski definition) is 1. The topological polar surface area (TPSA) is 59.4 Å². The van der Waals surface area contributed by atoms with E-state index in [0.29, 0.717) is 24.7 Å². The Bertz CT molecular complexity index is 417. The van der Waals surface area contributed by atoms with Gasteiger partial charge in [-0.15, -0.1) is 0 Å². The van der Waals surface area contributed by atoms with Crippen molar-refractivity contribution in [3.63, 3.8) is 0 Å². The fraction of sp³-hybridized carbons (Fsp3) is 0.714. The van der Waals surface area contributed by atoms with Crippen LogP contribution in [0.5, 0.6) is 5.88 Å². The van der Waals surface area contributed by atoms with Gasteiger partial charge >= 0.3 is 0 Å². The zero-order valence-corrected chi connectivity index (χ0v) is 12.4. The first-order chi connectivity index (χ1) is 9.74. The number of hydrogen-bond acceptors (Lipinski definition) is 4. The molecule has 0 atom stereocenters. The summed E-state index contributed by atoms with van der Waals surface area (Å²) in [5.74, 6) is 0.583. The van der Waals surface area contributed by atoms with Gasteiger partial charge in [0.15, 0.2) is 5.69 Å². The number of carbonyl (C=O) groups excluding carboxylic acids is 1. The Hall–Kier alpha value is -1.56. The molecule has 0 radical (unpaired) electrons. The van der Waals surface area contributed by atoms with Gasteiger partial charge in [-0.2, -0.15) is 5.10 Å². The molecule has 0 aliphatic carbocycles. The van der Waals surface area contributed by atoms with Gasteiger partial charge in [0.25, 0.3) is 5.91 Å². The molecule has 2 rings (SSSR count). The highest BCUT2D eigenvalue weighted by Crippen LogP contribution is 2.18. The van der Waals surface area contributed by atoms with Crippen LogP contribution in [0.4, 0.5) is 0 Å². The van der Waals surface area contributed by atoms with Crippen molar-refractivity contribution in [1.29, 1.82) is 0 Å². The van der Waals surface area contributed by atoms with Crippen LogP contribution in [0.3, 0.4) is 0 Å². The van der Waals surface area contributed by atoms with Crippen molar-refractivity contribution in [2.75, 3.05) is 32.8 Å². The van der Waals surface area contributed by atoms with Crippen LogP contribution in [0, 0.1) is 0 Å². The van der Waals surface area contributed by atoms with E-state index in [1.54, 1.807) is 10.7 Å². The Balaban J connectivity index is 1.76. The number of amides is 1. The molecular formula is C14H24N4O2. The maximum absolute atomic E-state index is 12.0. The van der Waals surface area contributed by atoms with E-state index in [9.17, 15) is 4.79 Å². The quantitative estimate of drug-likeness (QED) is 0.761. The van der Waals surface area contributed by atoms with E-state index in [0.717, 1.165) is 39.0 Å². The first kappa shape index (κ1) is 14.8. The Morgan fingerprint density at radius 2 is 2.30 bits per heavy atom. The van der Waals surface area contributed by atoms with Crippen LogP contribution in [0.15, 0.2) is 6.07 Å². The summed E-state index contributed by atoms with van der Waals surface area (Å²) in [6.45, 7) is 9.62. The zero-order valence-electron chi connectivity index (χ0n) is 12.4. The van der Waals surface area contributed by atoms with Gasteiger partial charge in [-0.1, -0.05) is 13.8 Å². The third-order valence-electron chi connectivity index (χ3n) is 3.57. The molecule has 0 unspecified atom stereocenters. The molecule has 20 heavy (non-hydrogen) atoms. The van der Waals surface area contributed by atoms with Crippen molar-refractivity contribution < 1.29 is 9.53 Å². The number of nitrogens with one attached hydrogen (secondary N) is 1. The Labute approximate surface area is 120 Å². The van der Waals surface area contributed by atoms with E-state index < -0.39 is 0 Å². The van der Waals surface area contributed by atoms with Gasteiger partial charge in [0.2, 0.25) is 5.88 Å². The van der Waals surface area contributed by atoms with Gasteiger partial charge in [-0.25, -0.2) is 4.68 Å². The Morgan fingerprint density at radius 3 is 3.00 bits per heavy atom. The minimum absolute atomic E-state index is 0.116. The van der Waals surface area contributed by atoms with Gasteiger partial charge in [-0.3, -0.25) is 4.79 Å². The lowest BCUT2D eigenvalue weighted by atomic mass is 10.3. The van der Waals surface area contributed by atoms with Crippen LogP contribution in [0.1, 0.15) is 37.2 Å². The van der Waals surface area contributed by atoms with E-state index in [-0.39, 0.29) is 5.91 Å². The van der Waals surface area contributed by atoms with Crippen LogP contribution in [0.25, 0.3) is 0 Å². The zero-order chi connectivity index (χ0) is 14.4. The highest BCUT2D eigenvalue weighted by molar-refractivity contribution is 5.92. The molecule has 1 N–H and O–H groups in total. The number of nitrogens with zero attached hydrogens (tertiary/aromatic N) is 3. The second-order valence-electron chi connectivity index (χ2n) is 4.93. The highest BCUT2D eigenvalue weighted by atomic mass is 16.5. The predicted octanol–water partition coefficient (Wildman–Crippen LogP) is 1.13. The summed E-state index contributed by atoms with van der Waals surface area (Å²) in [4.78, 5) is 14.3. The van der Waals surface area contributed by atoms with Crippen LogP contribution >= 0.6 is 0 Å².